The summed E-state index contributed by atoms with van der Waals surface area (Å²) < 4.78 is 0. The molecule has 0 spiro atoms. The molecule has 1 atom stereocenters. The molecule has 3 rings (SSSR count). The van der Waals surface area contributed by atoms with E-state index >= 15 is 0 Å². The van der Waals surface area contributed by atoms with E-state index < -0.39 is 12.1 Å². The van der Waals surface area contributed by atoms with Gasteiger partial charge in [0.1, 0.15) is 6.09 Å². The van der Waals surface area contributed by atoms with Gasteiger partial charge in [0.2, 0.25) is 0 Å². The summed E-state index contributed by atoms with van der Waals surface area (Å²) in [6.45, 7) is 6.02. The van der Waals surface area contributed by atoms with Crippen LogP contribution in [0.2, 0.25) is 0 Å². The van der Waals surface area contributed by atoms with Crippen molar-refractivity contribution in [3.8, 4) is 0 Å². The average molecular weight is 393 g/mol. The van der Waals surface area contributed by atoms with Gasteiger partial charge < -0.3 is 14.8 Å². The van der Waals surface area contributed by atoms with Gasteiger partial charge in [-0.3, -0.25) is 14.5 Å². The molecule has 0 fully saturated rings. The maximum atomic E-state index is 13.0. The standard InChI is InChI=1S/C23H26N2O4/c1-23(2,3)15-24(22(28)29)14-17(13-16-9-5-4-6-10-16)25-20(26)18-11-7-8-12-19(18)21(25)27/h4-12,17H,13-15H2,1-3H3,(H,28,29)/p-1. The normalized spacial score (nSPS) is 14.7. The van der Waals surface area contributed by atoms with E-state index in [0.717, 1.165) is 5.56 Å². The molecule has 2 aromatic rings. The molecule has 0 saturated heterocycles. The first-order chi connectivity index (χ1) is 13.7. The number of nitrogens with zero attached hydrogens (tertiary/aromatic N) is 2. The number of rotatable bonds is 6. The first kappa shape index (κ1) is 20.6. The highest BCUT2D eigenvalue weighted by Gasteiger charge is 2.40. The number of amides is 3. The molecule has 3 amide bonds. The van der Waals surface area contributed by atoms with Crippen LogP contribution in [-0.4, -0.2) is 46.8 Å². The zero-order valence-electron chi connectivity index (χ0n) is 16.9. The summed E-state index contributed by atoms with van der Waals surface area (Å²) in [5, 5.41) is 11.8. The Morgan fingerprint density at radius 3 is 1.97 bits per heavy atom. The van der Waals surface area contributed by atoms with Crippen LogP contribution >= 0.6 is 0 Å². The molecular weight excluding hydrogens is 368 g/mol. The number of carbonyl (C=O) groups is 3. The highest BCUT2D eigenvalue weighted by molar-refractivity contribution is 6.21. The summed E-state index contributed by atoms with van der Waals surface area (Å²) in [7, 11) is 0. The molecule has 0 aliphatic carbocycles. The summed E-state index contributed by atoms with van der Waals surface area (Å²) in [6, 6.07) is 15.5. The average Bonchev–Trinajstić information content (AvgIpc) is 2.91. The number of hydrogen-bond donors (Lipinski definition) is 0. The number of carbonyl (C=O) groups excluding carboxylic acids is 3. The van der Waals surface area contributed by atoms with Crippen LogP contribution in [0.1, 0.15) is 47.1 Å². The SMILES string of the molecule is CC(C)(C)CN(CC(Cc1ccccc1)N1C(=O)c2ccccc2C1=O)C(=O)[O-]. The van der Waals surface area contributed by atoms with Crippen LogP contribution in [0.25, 0.3) is 0 Å². The van der Waals surface area contributed by atoms with Gasteiger partial charge in [0, 0.05) is 13.1 Å². The Kier molecular flexibility index (Phi) is 5.73. The van der Waals surface area contributed by atoms with Crippen LogP contribution in [0.15, 0.2) is 54.6 Å². The molecule has 1 heterocycles. The fourth-order valence-electron chi connectivity index (χ4n) is 3.69. The summed E-state index contributed by atoms with van der Waals surface area (Å²) in [5.41, 5.74) is 1.33. The van der Waals surface area contributed by atoms with Crippen molar-refractivity contribution in [2.75, 3.05) is 13.1 Å². The Balaban J connectivity index is 1.94. The quantitative estimate of drug-likeness (QED) is 0.707. The highest BCUT2D eigenvalue weighted by Crippen LogP contribution is 2.27. The lowest BCUT2D eigenvalue weighted by Crippen LogP contribution is -2.53. The van der Waals surface area contributed by atoms with Crippen LogP contribution in [0.3, 0.4) is 0 Å². The van der Waals surface area contributed by atoms with E-state index in [4.69, 9.17) is 0 Å². The topological polar surface area (TPSA) is 80.8 Å². The molecule has 1 aliphatic rings. The van der Waals surface area contributed by atoms with Crippen molar-refractivity contribution in [2.45, 2.75) is 33.2 Å². The summed E-state index contributed by atoms with van der Waals surface area (Å²) in [4.78, 5) is 40.2. The Morgan fingerprint density at radius 1 is 0.966 bits per heavy atom. The van der Waals surface area contributed by atoms with Gasteiger partial charge in [-0.15, -0.1) is 0 Å². The highest BCUT2D eigenvalue weighted by atomic mass is 16.4. The second kappa shape index (κ2) is 8.07. The molecule has 29 heavy (non-hydrogen) atoms. The third-order valence-electron chi connectivity index (χ3n) is 4.86. The second-order valence-corrected chi connectivity index (χ2v) is 8.58. The fraction of sp³-hybridized carbons (Fsp3) is 0.348. The van der Waals surface area contributed by atoms with E-state index in [1.165, 1.54) is 9.80 Å². The first-order valence-electron chi connectivity index (χ1n) is 9.64. The molecule has 0 N–H and O–H groups in total. The van der Waals surface area contributed by atoms with Crippen molar-refractivity contribution in [3.63, 3.8) is 0 Å². The monoisotopic (exact) mass is 393 g/mol. The Hall–Kier alpha value is -3.15. The van der Waals surface area contributed by atoms with Gasteiger partial charge in [-0.25, -0.2) is 0 Å². The molecule has 2 aromatic carbocycles. The van der Waals surface area contributed by atoms with E-state index in [1.807, 2.05) is 51.1 Å². The molecule has 0 bridgehead atoms. The minimum absolute atomic E-state index is 0.0000335. The van der Waals surface area contributed by atoms with Crippen LogP contribution in [-0.2, 0) is 6.42 Å². The van der Waals surface area contributed by atoms with Gasteiger partial charge in [-0.1, -0.05) is 63.2 Å². The predicted octanol–water partition coefficient (Wildman–Crippen LogP) is 2.59. The molecule has 6 heteroatoms. The molecule has 6 nitrogen and oxygen atoms in total. The zero-order valence-corrected chi connectivity index (χ0v) is 16.9. The number of imide groups is 1. The molecule has 0 radical (unpaired) electrons. The Morgan fingerprint density at radius 2 is 1.48 bits per heavy atom. The van der Waals surface area contributed by atoms with Crippen molar-refractivity contribution in [2.24, 2.45) is 5.41 Å². The smallest absolute Gasteiger partial charge is 0.261 e. The molecule has 0 aromatic heterocycles. The van der Waals surface area contributed by atoms with Crippen LogP contribution < -0.4 is 5.11 Å². The second-order valence-electron chi connectivity index (χ2n) is 8.58. The number of benzene rings is 2. The van der Waals surface area contributed by atoms with Crippen molar-refractivity contribution in [3.05, 3.63) is 71.3 Å². The van der Waals surface area contributed by atoms with Crippen LogP contribution in [0, 0.1) is 5.41 Å². The third-order valence-corrected chi connectivity index (χ3v) is 4.86. The third kappa shape index (κ3) is 4.65. The molecule has 152 valence electrons. The largest absolute Gasteiger partial charge is 0.530 e. The summed E-state index contributed by atoms with van der Waals surface area (Å²) >= 11 is 0. The number of fused-ring (bicyclic) bond motifs is 1. The minimum Gasteiger partial charge on any atom is -0.530 e. The van der Waals surface area contributed by atoms with E-state index in [9.17, 15) is 19.5 Å². The van der Waals surface area contributed by atoms with Gasteiger partial charge in [0.05, 0.1) is 17.2 Å². The van der Waals surface area contributed by atoms with Crippen LogP contribution in [0.5, 0.6) is 0 Å². The van der Waals surface area contributed by atoms with Gasteiger partial charge in [-0.05, 0) is 29.5 Å². The number of hydrogen-bond acceptors (Lipinski definition) is 4. The zero-order chi connectivity index (χ0) is 21.2. The Bertz CT molecular complexity index is 883. The summed E-state index contributed by atoms with van der Waals surface area (Å²) in [5.74, 6) is -0.777. The van der Waals surface area contributed by atoms with Gasteiger partial charge in [-0.2, -0.15) is 0 Å². The van der Waals surface area contributed by atoms with Crippen molar-refractivity contribution >= 4 is 17.9 Å². The fourth-order valence-corrected chi connectivity index (χ4v) is 3.69. The minimum atomic E-state index is -1.31. The number of carboxylic acid groups (broad SMARTS) is 1. The van der Waals surface area contributed by atoms with E-state index in [1.54, 1.807) is 24.3 Å². The van der Waals surface area contributed by atoms with E-state index in [-0.39, 0.29) is 30.3 Å². The predicted molar refractivity (Wildman–Crippen MR) is 107 cm³/mol. The lowest BCUT2D eigenvalue weighted by molar-refractivity contribution is -0.267. The summed E-state index contributed by atoms with van der Waals surface area (Å²) in [6.07, 6.45) is -0.949. The maximum absolute atomic E-state index is 13.0. The van der Waals surface area contributed by atoms with Gasteiger partial charge >= 0.3 is 0 Å². The van der Waals surface area contributed by atoms with Crippen molar-refractivity contribution < 1.29 is 19.5 Å². The van der Waals surface area contributed by atoms with Crippen LogP contribution in [0.4, 0.5) is 4.79 Å². The maximum Gasteiger partial charge on any atom is 0.261 e. The Labute approximate surface area is 170 Å². The van der Waals surface area contributed by atoms with Crippen molar-refractivity contribution in [1.29, 1.82) is 0 Å². The lowest BCUT2D eigenvalue weighted by Gasteiger charge is -2.37. The van der Waals surface area contributed by atoms with Gasteiger partial charge in [0.15, 0.2) is 0 Å². The first-order valence-corrected chi connectivity index (χ1v) is 9.64. The molecule has 1 aliphatic heterocycles. The molecule has 1 unspecified atom stereocenters. The van der Waals surface area contributed by atoms with Crippen molar-refractivity contribution in [1.82, 2.24) is 9.80 Å². The van der Waals surface area contributed by atoms with E-state index in [2.05, 4.69) is 0 Å². The van der Waals surface area contributed by atoms with Gasteiger partial charge in [0.25, 0.3) is 11.8 Å². The van der Waals surface area contributed by atoms with E-state index in [0.29, 0.717) is 17.5 Å². The molecular formula is C23H25N2O4-. The lowest BCUT2D eigenvalue weighted by atomic mass is 9.95. The molecule has 0 saturated carbocycles.